The predicted molar refractivity (Wildman–Crippen MR) is 111 cm³/mol. The summed E-state index contributed by atoms with van der Waals surface area (Å²) in [6, 6.07) is 4.50. The number of carbonyl (C=O) groups is 1. The van der Waals surface area contributed by atoms with Crippen molar-refractivity contribution in [3.63, 3.8) is 0 Å². The molecular weight excluding hydrogens is 348 g/mol. The Hall–Kier alpha value is -2.56. The second-order valence-electron chi connectivity index (χ2n) is 9.41. The fourth-order valence-electron chi connectivity index (χ4n) is 5.18. The summed E-state index contributed by atoms with van der Waals surface area (Å²) in [6.45, 7) is 7.11. The minimum absolute atomic E-state index is 0.248. The molecule has 2 N–H and O–H groups in total. The summed E-state index contributed by atoms with van der Waals surface area (Å²) in [6.07, 6.45) is 5.74. The van der Waals surface area contributed by atoms with Crippen LogP contribution in [0.15, 0.2) is 12.1 Å². The molecule has 144 valence electrons. The number of nitrogens with one attached hydrogen (secondary N) is 2. The van der Waals surface area contributed by atoms with Crippen LogP contribution in [0.25, 0.3) is 22.3 Å². The zero-order valence-electron chi connectivity index (χ0n) is 16.8. The van der Waals surface area contributed by atoms with Gasteiger partial charge in [-0.25, -0.2) is 0 Å². The summed E-state index contributed by atoms with van der Waals surface area (Å²) < 4.78 is 0. The molecule has 1 saturated carbocycles. The number of fused-ring (bicyclic) bond motifs is 6. The minimum atomic E-state index is -0.463. The summed E-state index contributed by atoms with van der Waals surface area (Å²) in [7, 11) is 0. The highest BCUT2D eigenvalue weighted by Gasteiger charge is 2.45. The van der Waals surface area contributed by atoms with Gasteiger partial charge >= 0.3 is 0 Å². The number of aryl methyl sites for hydroxylation is 2. The number of carbonyl (C=O) groups excluding carboxylic acids is 1. The highest BCUT2D eigenvalue weighted by Crippen LogP contribution is 2.47. The molecule has 6 rings (SSSR count). The third-order valence-corrected chi connectivity index (χ3v) is 7.07. The van der Waals surface area contributed by atoms with Crippen LogP contribution in [-0.2, 0) is 23.1 Å². The zero-order chi connectivity index (χ0) is 19.2. The van der Waals surface area contributed by atoms with E-state index in [1.165, 1.54) is 35.0 Å². The molecule has 5 heteroatoms. The van der Waals surface area contributed by atoms with Gasteiger partial charge in [-0.2, -0.15) is 5.10 Å². The van der Waals surface area contributed by atoms with Crippen LogP contribution in [0.2, 0.25) is 0 Å². The third-order valence-electron chi connectivity index (χ3n) is 7.07. The van der Waals surface area contributed by atoms with E-state index in [4.69, 9.17) is 0 Å². The number of anilines is 1. The number of amides is 1. The van der Waals surface area contributed by atoms with E-state index in [0.29, 0.717) is 5.92 Å². The maximum atomic E-state index is 13.2. The van der Waals surface area contributed by atoms with Crippen molar-refractivity contribution in [2.45, 2.75) is 58.3 Å². The minimum Gasteiger partial charge on any atom is -0.353 e. The first-order valence-corrected chi connectivity index (χ1v) is 10.5. The van der Waals surface area contributed by atoms with E-state index in [1.807, 2.05) is 0 Å². The van der Waals surface area contributed by atoms with Crippen molar-refractivity contribution in [1.82, 2.24) is 15.2 Å². The Bertz CT molecular complexity index is 1150. The molecule has 28 heavy (non-hydrogen) atoms. The average molecular weight is 374 g/mol. The maximum absolute atomic E-state index is 13.2. The Morgan fingerprint density at radius 3 is 2.79 bits per heavy atom. The van der Waals surface area contributed by atoms with Gasteiger partial charge in [0, 0.05) is 34.4 Å². The monoisotopic (exact) mass is 374 g/mol. The van der Waals surface area contributed by atoms with Gasteiger partial charge in [-0.1, -0.05) is 0 Å². The van der Waals surface area contributed by atoms with Crippen LogP contribution in [0.4, 0.5) is 5.69 Å². The molecule has 0 spiro atoms. The topological polar surface area (TPSA) is 64.8 Å². The lowest BCUT2D eigenvalue weighted by molar-refractivity contribution is -0.122. The van der Waals surface area contributed by atoms with E-state index >= 15 is 0 Å². The summed E-state index contributed by atoms with van der Waals surface area (Å²) >= 11 is 0. The number of rotatable bonds is 2. The molecule has 0 unspecified atom stereocenters. The molecule has 3 heterocycles. The Labute approximate surface area is 164 Å². The molecular formula is C23H26N4O. The summed E-state index contributed by atoms with van der Waals surface area (Å²) in [5, 5.41) is 9.04. The van der Waals surface area contributed by atoms with Gasteiger partial charge in [0.1, 0.15) is 5.69 Å². The highest BCUT2D eigenvalue weighted by molar-refractivity contribution is 6.10. The molecule has 2 aromatic heterocycles. The lowest BCUT2D eigenvalue weighted by Gasteiger charge is -2.20. The fraction of sp³-hybridized carbons (Fsp3) is 0.478. The Kier molecular flexibility index (Phi) is 3.09. The molecule has 0 atom stereocenters. The first kappa shape index (κ1) is 16.4. The number of nitrogens with zero attached hydrogens (tertiary/aromatic N) is 2. The molecule has 1 aromatic carbocycles. The van der Waals surface area contributed by atoms with Crippen LogP contribution in [-0.4, -0.2) is 27.6 Å². The molecule has 3 aliphatic rings. The first-order valence-electron chi connectivity index (χ1n) is 10.5. The van der Waals surface area contributed by atoms with Gasteiger partial charge in [-0.3, -0.25) is 9.89 Å². The molecule has 2 aliphatic carbocycles. The standard InChI is InChI=1S/C23H26N4O/c1-12-14-5-4-6-15-16-9-19-17(10-18(16)24-20(15)21(14)26-25-12)23(2,3)22(28)27(19)11-13-7-8-13/h9-10,13,24H,4-8,11H2,1-3H3,(H,25,26). The predicted octanol–water partition coefficient (Wildman–Crippen LogP) is 4.39. The van der Waals surface area contributed by atoms with Gasteiger partial charge in [-0.15, -0.1) is 0 Å². The van der Waals surface area contributed by atoms with Gasteiger partial charge < -0.3 is 9.88 Å². The van der Waals surface area contributed by atoms with Gasteiger partial charge in [0.05, 0.1) is 11.1 Å². The van der Waals surface area contributed by atoms with Crippen LogP contribution >= 0.6 is 0 Å². The molecule has 0 bridgehead atoms. The van der Waals surface area contributed by atoms with Gasteiger partial charge in [0.2, 0.25) is 5.91 Å². The Balaban J connectivity index is 1.58. The highest BCUT2D eigenvalue weighted by atomic mass is 16.2. The summed E-state index contributed by atoms with van der Waals surface area (Å²) in [5.41, 5.74) is 9.04. The normalized spacial score (nSPS) is 20.2. The SMILES string of the molecule is Cc1[nH]nc2c1CCCc1c-2[nH]c2cc3c(cc12)N(CC1CC1)C(=O)C3(C)C. The Morgan fingerprint density at radius 1 is 1.21 bits per heavy atom. The van der Waals surface area contributed by atoms with Crippen LogP contribution in [0.3, 0.4) is 0 Å². The van der Waals surface area contributed by atoms with E-state index in [9.17, 15) is 4.79 Å². The third kappa shape index (κ3) is 2.07. The van der Waals surface area contributed by atoms with Crippen molar-refractivity contribution >= 4 is 22.5 Å². The number of hydrogen-bond acceptors (Lipinski definition) is 2. The molecule has 1 aliphatic heterocycles. The molecule has 1 amide bonds. The molecule has 3 aromatic rings. The van der Waals surface area contributed by atoms with Crippen molar-refractivity contribution in [3.8, 4) is 11.4 Å². The van der Waals surface area contributed by atoms with E-state index < -0.39 is 5.41 Å². The average Bonchev–Trinajstić information content (AvgIpc) is 3.33. The number of aromatic nitrogens is 3. The second-order valence-corrected chi connectivity index (χ2v) is 9.41. The second kappa shape index (κ2) is 5.28. The van der Waals surface area contributed by atoms with Crippen LogP contribution in [0, 0.1) is 12.8 Å². The van der Waals surface area contributed by atoms with E-state index in [-0.39, 0.29) is 5.91 Å². The molecule has 0 radical (unpaired) electrons. The zero-order valence-corrected chi connectivity index (χ0v) is 16.8. The lowest BCUT2D eigenvalue weighted by atomic mass is 9.85. The quantitative estimate of drug-likeness (QED) is 0.699. The van der Waals surface area contributed by atoms with Crippen molar-refractivity contribution in [2.75, 3.05) is 11.4 Å². The van der Waals surface area contributed by atoms with E-state index in [0.717, 1.165) is 54.0 Å². The van der Waals surface area contributed by atoms with Crippen LogP contribution in [0.5, 0.6) is 0 Å². The number of H-pyrrole nitrogens is 2. The van der Waals surface area contributed by atoms with E-state index in [1.54, 1.807) is 0 Å². The lowest BCUT2D eigenvalue weighted by Crippen LogP contribution is -2.37. The fourth-order valence-corrected chi connectivity index (χ4v) is 5.18. The smallest absolute Gasteiger partial charge is 0.237 e. The van der Waals surface area contributed by atoms with Crippen molar-refractivity contribution in [1.29, 1.82) is 0 Å². The first-order chi connectivity index (χ1) is 13.4. The maximum Gasteiger partial charge on any atom is 0.237 e. The van der Waals surface area contributed by atoms with Crippen LogP contribution < -0.4 is 4.90 Å². The van der Waals surface area contributed by atoms with Crippen molar-refractivity contribution in [3.05, 3.63) is 34.5 Å². The van der Waals surface area contributed by atoms with Crippen molar-refractivity contribution < 1.29 is 4.79 Å². The summed E-state index contributed by atoms with van der Waals surface area (Å²) in [4.78, 5) is 18.9. The summed E-state index contributed by atoms with van der Waals surface area (Å²) in [5.74, 6) is 0.928. The largest absolute Gasteiger partial charge is 0.353 e. The van der Waals surface area contributed by atoms with Crippen molar-refractivity contribution in [2.24, 2.45) is 5.92 Å². The number of benzene rings is 1. The van der Waals surface area contributed by atoms with Gasteiger partial charge in [0.15, 0.2) is 0 Å². The molecule has 5 nitrogen and oxygen atoms in total. The Morgan fingerprint density at radius 2 is 2.00 bits per heavy atom. The van der Waals surface area contributed by atoms with Gasteiger partial charge in [0.25, 0.3) is 0 Å². The molecule has 1 fully saturated rings. The molecule has 0 saturated heterocycles. The van der Waals surface area contributed by atoms with E-state index in [2.05, 4.69) is 53.0 Å². The van der Waals surface area contributed by atoms with Gasteiger partial charge in [-0.05, 0) is 82.1 Å². The van der Waals surface area contributed by atoms with Crippen LogP contribution in [0.1, 0.15) is 55.5 Å². The number of aromatic amines is 2. The number of hydrogen-bond donors (Lipinski definition) is 2.